The molecule has 0 aliphatic heterocycles. The van der Waals surface area contributed by atoms with Gasteiger partial charge in [-0.1, -0.05) is 17.7 Å². The van der Waals surface area contributed by atoms with E-state index in [9.17, 15) is 4.79 Å². The number of pyridine rings is 1. The van der Waals surface area contributed by atoms with Gasteiger partial charge >= 0.3 is 0 Å². The van der Waals surface area contributed by atoms with Crippen LogP contribution >= 0.6 is 0 Å². The third kappa shape index (κ3) is 2.49. The standard InChI is InChI=1S/C17H12N2O2/c1-11-2-4-13(5-3-11)21-14-6-7-16-15(8-14)17(20)12(9-18)10-19-16/h2-8,10H,1H3,(H,19,20). The van der Waals surface area contributed by atoms with Crippen molar-refractivity contribution in [2.45, 2.75) is 6.92 Å². The molecule has 0 spiro atoms. The summed E-state index contributed by atoms with van der Waals surface area (Å²) in [6.07, 6.45) is 1.42. The van der Waals surface area contributed by atoms with Crippen molar-refractivity contribution >= 4 is 10.9 Å². The van der Waals surface area contributed by atoms with E-state index in [1.807, 2.05) is 37.3 Å². The molecular formula is C17H12N2O2. The molecule has 2 aromatic carbocycles. The van der Waals surface area contributed by atoms with E-state index in [1.54, 1.807) is 18.2 Å². The monoisotopic (exact) mass is 276 g/mol. The highest BCUT2D eigenvalue weighted by Gasteiger charge is 2.06. The molecule has 4 nitrogen and oxygen atoms in total. The van der Waals surface area contributed by atoms with Crippen LogP contribution in [0.1, 0.15) is 11.1 Å². The van der Waals surface area contributed by atoms with Crippen molar-refractivity contribution in [3.05, 3.63) is 70.0 Å². The molecule has 0 unspecified atom stereocenters. The number of ether oxygens (including phenoxy) is 1. The van der Waals surface area contributed by atoms with E-state index in [4.69, 9.17) is 10.00 Å². The van der Waals surface area contributed by atoms with E-state index in [0.717, 1.165) is 5.56 Å². The molecule has 0 radical (unpaired) electrons. The molecule has 0 fully saturated rings. The molecule has 0 aliphatic carbocycles. The summed E-state index contributed by atoms with van der Waals surface area (Å²) in [5.41, 5.74) is 1.63. The molecule has 0 atom stereocenters. The van der Waals surface area contributed by atoms with Gasteiger partial charge in [-0.25, -0.2) is 0 Å². The molecule has 21 heavy (non-hydrogen) atoms. The molecule has 1 aromatic heterocycles. The van der Waals surface area contributed by atoms with Crippen molar-refractivity contribution < 1.29 is 4.74 Å². The Bertz CT molecular complexity index is 903. The summed E-state index contributed by atoms with van der Waals surface area (Å²) in [6, 6.07) is 14.7. The minimum absolute atomic E-state index is 0.0926. The topological polar surface area (TPSA) is 65.9 Å². The lowest BCUT2D eigenvalue weighted by Crippen LogP contribution is -2.07. The van der Waals surface area contributed by atoms with Gasteiger partial charge < -0.3 is 9.72 Å². The highest BCUT2D eigenvalue weighted by atomic mass is 16.5. The van der Waals surface area contributed by atoms with Crippen molar-refractivity contribution in [1.29, 1.82) is 5.26 Å². The highest BCUT2D eigenvalue weighted by molar-refractivity contribution is 5.81. The number of aromatic nitrogens is 1. The number of nitriles is 1. The Morgan fingerprint density at radius 3 is 2.52 bits per heavy atom. The number of nitrogens with one attached hydrogen (secondary N) is 1. The summed E-state index contributed by atoms with van der Waals surface area (Å²) in [6.45, 7) is 2.00. The van der Waals surface area contributed by atoms with Crippen molar-refractivity contribution in [2.24, 2.45) is 0 Å². The molecule has 0 saturated carbocycles. The zero-order valence-corrected chi connectivity index (χ0v) is 11.4. The summed E-state index contributed by atoms with van der Waals surface area (Å²) >= 11 is 0. The first-order valence-corrected chi connectivity index (χ1v) is 6.47. The van der Waals surface area contributed by atoms with E-state index in [1.165, 1.54) is 6.20 Å². The van der Waals surface area contributed by atoms with E-state index in [-0.39, 0.29) is 11.0 Å². The van der Waals surface area contributed by atoms with Gasteiger partial charge in [0.25, 0.3) is 0 Å². The van der Waals surface area contributed by atoms with Crippen LogP contribution in [0.25, 0.3) is 10.9 Å². The maximum atomic E-state index is 12.1. The average Bonchev–Trinajstić information content (AvgIpc) is 2.50. The first-order chi connectivity index (χ1) is 10.2. The number of hydrogen-bond acceptors (Lipinski definition) is 3. The number of aryl methyl sites for hydroxylation is 1. The van der Waals surface area contributed by atoms with E-state index >= 15 is 0 Å². The molecule has 0 bridgehead atoms. The lowest BCUT2D eigenvalue weighted by molar-refractivity contribution is 0.483. The maximum Gasteiger partial charge on any atom is 0.207 e. The second kappa shape index (κ2) is 5.14. The zero-order valence-electron chi connectivity index (χ0n) is 11.4. The van der Waals surface area contributed by atoms with Gasteiger partial charge in [-0.3, -0.25) is 4.79 Å². The van der Waals surface area contributed by atoms with Gasteiger partial charge in [-0.15, -0.1) is 0 Å². The van der Waals surface area contributed by atoms with Crippen molar-refractivity contribution in [3.63, 3.8) is 0 Å². The molecule has 1 N–H and O–H groups in total. The number of rotatable bonds is 2. The maximum absolute atomic E-state index is 12.1. The van der Waals surface area contributed by atoms with Crippen LogP contribution in [0.4, 0.5) is 0 Å². The second-order valence-electron chi connectivity index (χ2n) is 4.77. The molecular weight excluding hydrogens is 264 g/mol. The van der Waals surface area contributed by atoms with Gasteiger partial charge in [-0.2, -0.15) is 5.26 Å². The molecule has 1 heterocycles. The Morgan fingerprint density at radius 2 is 1.81 bits per heavy atom. The number of H-pyrrole nitrogens is 1. The number of benzene rings is 2. The highest BCUT2D eigenvalue weighted by Crippen LogP contribution is 2.24. The van der Waals surface area contributed by atoms with Crippen LogP contribution in [-0.2, 0) is 0 Å². The van der Waals surface area contributed by atoms with E-state index < -0.39 is 0 Å². The van der Waals surface area contributed by atoms with Crippen molar-refractivity contribution in [2.75, 3.05) is 0 Å². The van der Waals surface area contributed by atoms with Crippen LogP contribution in [0.15, 0.2) is 53.5 Å². The number of hydrogen-bond donors (Lipinski definition) is 1. The predicted octanol–water partition coefficient (Wildman–Crippen LogP) is 3.50. The summed E-state index contributed by atoms with van der Waals surface area (Å²) in [7, 11) is 0. The Kier molecular flexibility index (Phi) is 3.17. The molecule has 3 aromatic rings. The minimum Gasteiger partial charge on any atom is -0.457 e. The molecule has 0 saturated heterocycles. The summed E-state index contributed by atoms with van der Waals surface area (Å²) in [5, 5.41) is 9.35. The fourth-order valence-electron chi connectivity index (χ4n) is 2.09. The van der Waals surface area contributed by atoms with E-state index in [0.29, 0.717) is 22.4 Å². The third-order valence-electron chi connectivity index (χ3n) is 3.23. The smallest absolute Gasteiger partial charge is 0.207 e. The minimum atomic E-state index is -0.291. The first-order valence-electron chi connectivity index (χ1n) is 6.47. The fraction of sp³-hybridized carbons (Fsp3) is 0.0588. The quantitative estimate of drug-likeness (QED) is 0.779. The van der Waals surface area contributed by atoms with Gasteiger partial charge in [0.1, 0.15) is 23.1 Å². The van der Waals surface area contributed by atoms with Crippen LogP contribution in [0, 0.1) is 18.3 Å². The fourth-order valence-corrected chi connectivity index (χ4v) is 2.09. The molecule has 0 amide bonds. The van der Waals surface area contributed by atoms with E-state index in [2.05, 4.69) is 4.98 Å². The number of nitrogens with zero attached hydrogens (tertiary/aromatic N) is 1. The average molecular weight is 276 g/mol. The Balaban J connectivity index is 2.04. The van der Waals surface area contributed by atoms with Crippen LogP contribution in [-0.4, -0.2) is 4.98 Å². The van der Waals surface area contributed by atoms with Gasteiger partial charge in [0, 0.05) is 11.7 Å². The number of aromatic amines is 1. The van der Waals surface area contributed by atoms with Gasteiger partial charge in [0.05, 0.1) is 5.39 Å². The first kappa shape index (κ1) is 12.9. The summed E-state index contributed by atoms with van der Waals surface area (Å²) < 4.78 is 5.73. The normalized spacial score (nSPS) is 10.3. The third-order valence-corrected chi connectivity index (χ3v) is 3.23. The molecule has 0 aliphatic rings. The van der Waals surface area contributed by atoms with Crippen LogP contribution in [0.5, 0.6) is 11.5 Å². The molecule has 4 heteroatoms. The summed E-state index contributed by atoms with van der Waals surface area (Å²) in [5.74, 6) is 1.26. The van der Waals surface area contributed by atoms with Crippen molar-refractivity contribution in [1.82, 2.24) is 4.98 Å². The van der Waals surface area contributed by atoms with Crippen LogP contribution in [0.2, 0.25) is 0 Å². The predicted molar refractivity (Wildman–Crippen MR) is 80.5 cm³/mol. The summed E-state index contributed by atoms with van der Waals surface area (Å²) in [4.78, 5) is 15.0. The number of fused-ring (bicyclic) bond motifs is 1. The SMILES string of the molecule is Cc1ccc(Oc2ccc3[nH]cc(C#N)c(=O)c3c2)cc1. The Labute approximate surface area is 121 Å². The zero-order chi connectivity index (χ0) is 14.8. The Hall–Kier alpha value is -3.06. The van der Waals surface area contributed by atoms with Crippen molar-refractivity contribution in [3.8, 4) is 17.6 Å². The van der Waals surface area contributed by atoms with Crippen LogP contribution < -0.4 is 10.2 Å². The lowest BCUT2D eigenvalue weighted by atomic mass is 10.1. The van der Waals surface area contributed by atoms with Gasteiger partial charge in [0.2, 0.25) is 5.43 Å². The molecule has 102 valence electrons. The second-order valence-corrected chi connectivity index (χ2v) is 4.77. The largest absolute Gasteiger partial charge is 0.457 e. The molecule has 3 rings (SSSR count). The Morgan fingerprint density at radius 1 is 1.10 bits per heavy atom. The van der Waals surface area contributed by atoms with Gasteiger partial charge in [0.15, 0.2) is 0 Å². The van der Waals surface area contributed by atoms with Crippen LogP contribution in [0.3, 0.4) is 0 Å². The lowest BCUT2D eigenvalue weighted by Gasteiger charge is -2.07. The van der Waals surface area contributed by atoms with Gasteiger partial charge in [-0.05, 0) is 37.3 Å².